The fourth-order valence-corrected chi connectivity index (χ4v) is 4.55. The molecule has 1 saturated heterocycles. The second-order valence-electron chi connectivity index (χ2n) is 6.31. The van der Waals surface area contributed by atoms with E-state index in [9.17, 15) is 9.18 Å². The summed E-state index contributed by atoms with van der Waals surface area (Å²) in [7, 11) is 1.94. The Morgan fingerprint density at radius 1 is 1.44 bits per heavy atom. The van der Waals surface area contributed by atoms with Crippen LogP contribution in [0.2, 0.25) is 0 Å². The Bertz CT molecular complexity index is 948. The molecule has 3 heterocycles. The van der Waals surface area contributed by atoms with Crippen molar-refractivity contribution >= 4 is 27.3 Å². The molecule has 1 aliphatic heterocycles. The number of aromatic nitrogens is 2. The first-order valence-electron chi connectivity index (χ1n) is 8.24. The van der Waals surface area contributed by atoms with Gasteiger partial charge in [-0.1, -0.05) is 0 Å². The summed E-state index contributed by atoms with van der Waals surface area (Å²) in [6, 6.07) is 4.58. The number of thiophene rings is 1. The number of carbonyl (C=O) groups is 1. The van der Waals surface area contributed by atoms with Crippen LogP contribution in [0.15, 0.2) is 30.6 Å². The van der Waals surface area contributed by atoms with E-state index >= 15 is 0 Å². The predicted molar refractivity (Wildman–Crippen MR) is 96.4 cm³/mol. The number of nitrogens with zero attached hydrogens (tertiary/aromatic N) is 3. The van der Waals surface area contributed by atoms with Crippen molar-refractivity contribution in [3.05, 3.63) is 52.7 Å². The number of benzene rings is 1. The van der Waals surface area contributed by atoms with E-state index in [1.807, 2.05) is 29.6 Å². The van der Waals surface area contributed by atoms with Crippen molar-refractivity contribution in [1.82, 2.24) is 19.8 Å². The molecule has 25 heavy (non-hydrogen) atoms. The average molecular weight is 358 g/mol. The quantitative estimate of drug-likeness (QED) is 0.766. The normalized spacial score (nSPS) is 18.0. The van der Waals surface area contributed by atoms with E-state index < -0.39 is 0 Å². The standard InChI is InChI=1S/C18H19FN4OS/c1-11-13-9-12(19)3-4-15(13)25-16(11)18(24)23-8-5-20-10-14(23)17-21-6-7-22(17)2/h3-4,6-7,9,14,20H,5,8,10H2,1-2H3. The number of piperazine rings is 1. The molecule has 0 spiro atoms. The third-order valence-electron chi connectivity index (χ3n) is 4.75. The molecule has 1 aliphatic rings. The molecule has 3 aromatic rings. The van der Waals surface area contributed by atoms with Crippen LogP contribution in [0, 0.1) is 12.7 Å². The summed E-state index contributed by atoms with van der Waals surface area (Å²) in [6.07, 6.45) is 3.64. The number of hydrogen-bond donors (Lipinski definition) is 1. The molecule has 130 valence electrons. The van der Waals surface area contributed by atoms with Crippen molar-refractivity contribution in [2.75, 3.05) is 19.6 Å². The summed E-state index contributed by atoms with van der Waals surface area (Å²) in [5.74, 6) is 0.583. The van der Waals surface area contributed by atoms with Crippen LogP contribution < -0.4 is 5.32 Å². The van der Waals surface area contributed by atoms with E-state index in [4.69, 9.17) is 0 Å². The van der Waals surface area contributed by atoms with E-state index in [0.717, 1.165) is 28.0 Å². The minimum Gasteiger partial charge on any atom is -0.336 e. The smallest absolute Gasteiger partial charge is 0.264 e. The van der Waals surface area contributed by atoms with Crippen LogP contribution in [0.25, 0.3) is 10.1 Å². The van der Waals surface area contributed by atoms with Crippen LogP contribution in [0.3, 0.4) is 0 Å². The van der Waals surface area contributed by atoms with Gasteiger partial charge in [-0.2, -0.15) is 0 Å². The van der Waals surface area contributed by atoms with Gasteiger partial charge >= 0.3 is 0 Å². The molecular weight excluding hydrogens is 339 g/mol. The number of nitrogens with one attached hydrogen (secondary N) is 1. The highest BCUT2D eigenvalue weighted by Gasteiger charge is 2.32. The summed E-state index contributed by atoms with van der Waals surface area (Å²) < 4.78 is 16.4. The van der Waals surface area contributed by atoms with Crippen molar-refractivity contribution in [3.63, 3.8) is 0 Å². The average Bonchev–Trinajstić information content (AvgIpc) is 3.18. The molecule has 5 nitrogen and oxygen atoms in total. The van der Waals surface area contributed by atoms with Gasteiger partial charge in [0.25, 0.3) is 5.91 Å². The minimum atomic E-state index is -0.277. The number of hydrogen-bond acceptors (Lipinski definition) is 4. The Labute approximate surface area is 149 Å². The number of imidazole rings is 1. The molecule has 0 aliphatic carbocycles. The Hall–Kier alpha value is -2.25. The molecule has 1 unspecified atom stereocenters. The molecule has 1 aromatic carbocycles. The number of rotatable bonds is 2. The van der Waals surface area contributed by atoms with Crippen LogP contribution in [0.4, 0.5) is 4.39 Å². The summed E-state index contributed by atoms with van der Waals surface area (Å²) in [5, 5.41) is 4.16. The van der Waals surface area contributed by atoms with E-state index in [2.05, 4.69) is 10.3 Å². The largest absolute Gasteiger partial charge is 0.336 e. The molecule has 0 bridgehead atoms. The lowest BCUT2D eigenvalue weighted by molar-refractivity contribution is 0.0625. The van der Waals surface area contributed by atoms with Gasteiger partial charge in [0.05, 0.1) is 4.88 Å². The molecule has 1 fully saturated rings. The number of amides is 1. The number of fused-ring (bicyclic) bond motifs is 1. The lowest BCUT2D eigenvalue weighted by atomic mass is 10.1. The van der Waals surface area contributed by atoms with Crippen molar-refractivity contribution in [3.8, 4) is 0 Å². The van der Waals surface area contributed by atoms with Gasteiger partial charge in [-0.25, -0.2) is 9.37 Å². The molecule has 0 saturated carbocycles. The maximum atomic E-state index is 13.6. The molecular formula is C18H19FN4OS. The van der Waals surface area contributed by atoms with E-state index in [1.165, 1.54) is 23.5 Å². The van der Waals surface area contributed by atoms with Crippen LogP contribution in [0.5, 0.6) is 0 Å². The third-order valence-corrected chi connectivity index (χ3v) is 6.01. The zero-order valence-corrected chi connectivity index (χ0v) is 14.9. The Morgan fingerprint density at radius 2 is 2.28 bits per heavy atom. The molecule has 1 amide bonds. The first-order chi connectivity index (χ1) is 12.1. The Kier molecular flexibility index (Phi) is 4.05. The van der Waals surface area contributed by atoms with Crippen LogP contribution in [-0.4, -0.2) is 40.0 Å². The molecule has 7 heteroatoms. The van der Waals surface area contributed by atoms with Crippen molar-refractivity contribution in [2.24, 2.45) is 7.05 Å². The molecule has 4 rings (SSSR count). The third kappa shape index (κ3) is 2.73. The lowest BCUT2D eigenvalue weighted by Gasteiger charge is -2.35. The van der Waals surface area contributed by atoms with E-state index in [-0.39, 0.29) is 17.8 Å². The fraction of sp³-hybridized carbons (Fsp3) is 0.333. The number of aryl methyl sites for hydroxylation is 2. The van der Waals surface area contributed by atoms with Gasteiger partial charge in [-0.15, -0.1) is 11.3 Å². The summed E-state index contributed by atoms with van der Waals surface area (Å²) in [6.45, 7) is 3.95. The molecule has 1 atom stereocenters. The second-order valence-corrected chi connectivity index (χ2v) is 7.36. The first-order valence-corrected chi connectivity index (χ1v) is 9.05. The topological polar surface area (TPSA) is 50.2 Å². The van der Waals surface area contributed by atoms with Gasteiger partial charge in [0, 0.05) is 43.8 Å². The van der Waals surface area contributed by atoms with Crippen LogP contribution in [0.1, 0.15) is 27.1 Å². The maximum absolute atomic E-state index is 13.6. The molecule has 2 aromatic heterocycles. The van der Waals surface area contributed by atoms with Crippen molar-refractivity contribution in [2.45, 2.75) is 13.0 Å². The lowest BCUT2D eigenvalue weighted by Crippen LogP contribution is -2.49. The Balaban J connectivity index is 1.74. The van der Waals surface area contributed by atoms with Gasteiger partial charge in [-0.05, 0) is 36.1 Å². The monoisotopic (exact) mass is 358 g/mol. The van der Waals surface area contributed by atoms with Crippen LogP contribution in [-0.2, 0) is 7.05 Å². The predicted octanol–water partition coefficient (Wildman–Crippen LogP) is 2.87. The number of halogens is 1. The first kappa shape index (κ1) is 16.2. The SMILES string of the molecule is Cc1c(C(=O)N2CCNCC2c2nccn2C)sc2ccc(F)cc12. The highest BCUT2D eigenvalue weighted by atomic mass is 32.1. The zero-order chi connectivity index (χ0) is 17.6. The molecule has 1 N–H and O–H groups in total. The van der Waals surface area contributed by atoms with Gasteiger partial charge in [0.2, 0.25) is 0 Å². The van der Waals surface area contributed by atoms with Gasteiger partial charge in [-0.3, -0.25) is 4.79 Å². The number of carbonyl (C=O) groups excluding carboxylic acids is 1. The summed E-state index contributed by atoms with van der Waals surface area (Å²) in [5.41, 5.74) is 0.849. The zero-order valence-electron chi connectivity index (χ0n) is 14.1. The van der Waals surface area contributed by atoms with Gasteiger partial charge in [0.1, 0.15) is 17.7 Å². The fourth-order valence-electron chi connectivity index (χ4n) is 3.40. The highest BCUT2D eigenvalue weighted by Crippen LogP contribution is 2.34. The van der Waals surface area contributed by atoms with Gasteiger partial charge in [0.15, 0.2) is 0 Å². The highest BCUT2D eigenvalue weighted by molar-refractivity contribution is 7.21. The minimum absolute atomic E-state index is 0.00592. The maximum Gasteiger partial charge on any atom is 0.264 e. The van der Waals surface area contributed by atoms with E-state index in [0.29, 0.717) is 18.0 Å². The molecule has 0 radical (unpaired) electrons. The van der Waals surface area contributed by atoms with Gasteiger partial charge < -0.3 is 14.8 Å². The Morgan fingerprint density at radius 3 is 3.04 bits per heavy atom. The summed E-state index contributed by atoms with van der Waals surface area (Å²) >= 11 is 1.43. The van der Waals surface area contributed by atoms with Crippen LogP contribution >= 0.6 is 11.3 Å². The van der Waals surface area contributed by atoms with Crippen molar-refractivity contribution < 1.29 is 9.18 Å². The van der Waals surface area contributed by atoms with E-state index in [1.54, 1.807) is 12.3 Å². The van der Waals surface area contributed by atoms with Crippen molar-refractivity contribution in [1.29, 1.82) is 0 Å². The second kappa shape index (κ2) is 6.24. The summed E-state index contributed by atoms with van der Waals surface area (Å²) in [4.78, 5) is 20.3.